The van der Waals surface area contributed by atoms with Crippen LogP contribution in [0.2, 0.25) is 0 Å². The van der Waals surface area contributed by atoms with Crippen LogP contribution in [0.3, 0.4) is 0 Å². The summed E-state index contributed by atoms with van der Waals surface area (Å²) < 4.78 is 37.8. The Morgan fingerprint density at radius 3 is 2.12 bits per heavy atom. The van der Waals surface area contributed by atoms with Crippen molar-refractivity contribution in [2.24, 2.45) is 0 Å². The lowest BCUT2D eigenvalue weighted by Crippen LogP contribution is -2.05. The van der Waals surface area contributed by atoms with E-state index in [-0.39, 0.29) is 18.6 Å². The Kier molecular flexibility index (Phi) is 5.07. The monoisotopic (exact) mass is 336 g/mol. The molecule has 0 bridgehead atoms. The maximum Gasteiger partial charge on any atom is 0.416 e. The van der Waals surface area contributed by atoms with Crippen LogP contribution >= 0.6 is 0 Å². The molecule has 0 aliphatic rings. The summed E-state index contributed by atoms with van der Waals surface area (Å²) in [6.45, 7) is 1.75. The van der Waals surface area contributed by atoms with Crippen LogP contribution in [0.1, 0.15) is 34.3 Å². The molecule has 24 heavy (non-hydrogen) atoms. The summed E-state index contributed by atoms with van der Waals surface area (Å²) in [6.07, 6.45) is -4.71. The molecule has 0 unspecified atom stereocenters. The maximum absolute atomic E-state index is 12.6. The Labute approximate surface area is 136 Å². The van der Waals surface area contributed by atoms with Gasteiger partial charge in [0.15, 0.2) is 5.78 Å². The molecule has 0 amide bonds. The van der Waals surface area contributed by atoms with E-state index in [9.17, 15) is 22.8 Å². The van der Waals surface area contributed by atoms with Gasteiger partial charge in [-0.25, -0.2) is 0 Å². The standard InChI is InChI=1S/C18H15F3O3/c1-11-10-13(16(22)8-9-17(23)24)4-7-15(11)12-2-5-14(6-3-12)18(19,20)21/h2-7,10H,8-9H2,1H3,(H,23,24). The molecule has 0 saturated heterocycles. The molecule has 126 valence electrons. The van der Waals surface area contributed by atoms with Crippen molar-refractivity contribution in [1.82, 2.24) is 0 Å². The van der Waals surface area contributed by atoms with E-state index in [0.717, 1.165) is 23.3 Å². The van der Waals surface area contributed by atoms with E-state index in [2.05, 4.69) is 0 Å². The number of ketones is 1. The average molecular weight is 336 g/mol. The molecule has 2 rings (SSSR count). The Morgan fingerprint density at radius 2 is 1.62 bits per heavy atom. The van der Waals surface area contributed by atoms with Gasteiger partial charge in [-0.05, 0) is 41.8 Å². The number of hydrogen-bond donors (Lipinski definition) is 1. The van der Waals surface area contributed by atoms with Crippen LogP contribution < -0.4 is 0 Å². The molecule has 2 aromatic carbocycles. The number of alkyl halides is 3. The molecule has 3 nitrogen and oxygen atoms in total. The van der Waals surface area contributed by atoms with Crippen LogP contribution in [0.5, 0.6) is 0 Å². The van der Waals surface area contributed by atoms with Crippen molar-refractivity contribution in [1.29, 1.82) is 0 Å². The molecule has 0 spiro atoms. The van der Waals surface area contributed by atoms with Crippen molar-refractivity contribution < 1.29 is 27.9 Å². The van der Waals surface area contributed by atoms with Crippen molar-refractivity contribution in [3.05, 3.63) is 59.2 Å². The second-order valence-electron chi connectivity index (χ2n) is 5.42. The third-order valence-corrected chi connectivity index (χ3v) is 3.64. The zero-order chi connectivity index (χ0) is 17.9. The van der Waals surface area contributed by atoms with Crippen LogP contribution in [0.25, 0.3) is 11.1 Å². The van der Waals surface area contributed by atoms with Gasteiger partial charge in [-0.1, -0.05) is 24.3 Å². The number of aliphatic carboxylic acids is 1. The largest absolute Gasteiger partial charge is 0.481 e. The zero-order valence-corrected chi connectivity index (χ0v) is 12.9. The fourth-order valence-corrected chi connectivity index (χ4v) is 2.36. The lowest BCUT2D eigenvalue weighted by Gasteiger charge is -2.10. The molecule has 6 heteroatoms. The number of carbonyl (C=O) groups is 2. The second kappa shape index (κ2) is 6.86. The normalized spacial score (nSPS) is 11.3. The van der Waals surface area contributed by atoms with Crippen molar-refractivity contribution in [3.8, 4) is 11.1 Å². The van der Waals surface area contributed by atoms with Gasteiger partial charge in [0.25, 0.3) is 0 Å². The van der Waals surface area contributed by atoms with Gasteiger partial charge in [0, 0.05) is 12.0 Å². The summed E-state index contributed by atoms with van der Waals surface area (Å²) >= 11 is 0. The molecule has 1 N–H and O–H groups in total. The molecular formula is C18H15F3O3. The van der Waals surface area contributed by atoms with E-state index in [1.165, 1.54) is 12.1 Å². The number of benzene rings is 2. The van der Waals surface area contributed by atoms with Crippen LogP contribution in [-0.4, -0.2) is 16.9 Å². The van der Waals surface area contributed by atoms with Crippen molar-refractivity contribution in [2.45, 2.75) is 25.9 Å². The molecule has 0 fully saturated rings. The number of hydrogen-bond acceptors (Lipinski definition) is 2. The van der Waals surface area contributed by atoms with E-state index in [1.807, 2.05) is 0 Å². The van der Waals surface area contributed by atoms with Crippen molar-refractivity contribution in [2.75, 3.05) is 0 Å². The Bertz CT molecular complexity index is 762. The number of carboxylic acid groups (broad SMARTS) is 1. The van der Waals surface area contributed by atoms with E-state index in [0.29, 0.717) is 11.1 Å². The highest BCUT2D eigenvalue weighted by molar-refractivity contribution is 5.98. The molecule has 0 saturated carbocycles. The lowest BCUT2D eigenvalue weighted by atomic mass is 9.95. The minimum Gasteiger partial charge on any atom is -0.481 e. The highest BCUT2D eigenvalue weighted by Gasteiger charge is 2.30. The first kappa shape index (κ1) is 17.7. The Balaban J connectivity index is 2.23. The van der Waals surface area contributed by atoms with Crippen LogP contribution in [0.4, 0.5) is 13.2 Å². The quantitative estimate of drug-likeness (QED) is 0.803. The zero-order valence-electron chi connectivity index (χ0n) is 12.9. The van der Waals surface area contributed by atoms with Gasteiger partial charge in [0.2, 0.25) is 0 Å². The van der Waals surface area contributed by atoms with Gasteiger partial charge in [0.1, 0.15) is 0 Å². The SMILES string of the molecule is Cc1cc(C(=O)CCC(=O)O)ccc1-c1ccc(C(F)(F)F)cc1. The molecule has 2 aromatic rings. The van der Waals surface area contributed by atoms with Crippen molar-refractivity contribution >= 4 is 11.8 Å². The van der Waals surface area contributed by atoms with E-state index < -0.39 is 17.7 Å². The van der Waals surface area contributed by atoms with Crippen LogP contribution in [0.15, 0.2) is 42.5 Å². The third-order valence-electron chi connectivity index (χ3n) is 3.64. The number of rotatable bonds is 5. The van der Waals surface area contributed by atoms with Gasteiger partial charge in [0.05, 0.1) is 12.0 Å². The summed E-state index contributed by atoms with van der Waals surface area (Å²) in [5, 5.41) is 8.60. The predicted molar refractivity (Wildman–Crippen MR) is 82.8 cm³/mol. The molecule has 0 aliphatic carbocycles. The minimum atomic E-state index is -4.38. The first-order valence-electron chi connectivity index (χ1n) is 7.22. The molecule has 0 atom stereocenters. The molecule has 0 radical (unpaired) electrons. The minimum absolute atomic E-state index is 0.0889. The smallest absolute Gasteiger partial charge is 0.416 e. The van der Waals surface area contributed by atoms with Gasteiger partial charge >= 0.3 is 12.1 Å². The van der Waals surface area contributed by atoms with Gasteiger partial charge in [-0.3, -0.25) is 9.59 Å². The number of Topliss-reactive ketones (excluding diaryl/α,β-unsaturated/α-hetero) is 1. The fraction of sp³-hybridized carbons (Fsp3) is 0.222. The van der Waals surface area contributed by atoms with Gasteiger partial charge in [-0.15, -0.1) is 0 Å². The van der Waals surface area contributed by atoms with Crippen molar-refractivity contribution in [3.63, 3.8) is 0 Å². The van der Waals surface area contributed by atoms with E-state index in [1.54, 1.807) is 25.1 Å². The van der Waals surface area contributed by atoms with E-state index in [4.69, 9.17) is 5.11 Å². The Morgan fingerprint density at radius 1 is 1.00 bits per heavy atom. The molecule has 0 heterocycles. The highest BCUT2D eigenvalue weighted by Crippen LogP contribution is 2.32. The molecular weight excluding hydrogens is 321 g/mol. The topological polar surface area (TPSA) is 54.4 Å². The number of aryl methyl sites for hydroxylation is 1. The molecule has 0 aromatic heterocycles. The summed E-state index contributed by atoms with van der Waals surface area (Å²) in [4.78, 5) is 22.4. The highest BCUT2D eigenvalue weighted by atomic mass is 19.4. The average Bonchev–Trinajstić information content (AvgIpc) is 2.51. The lowest BCUT2D eigenvalue weighted by molar-refractivity contribution is -0.138. The molecule has 0 aliphatic heterocycles. The summed E-state index contributed by atoms with van der Waals surface area (Å²) in [7, 11) is 0. The van der Waals surface area contributed by atoms with E-state index >= 15 is 0 Å². The fourth-order valence-electron chi connectivity index (χ4n) is 2.36. The first-order chi connectivity index (χ1) is 11.2. The van der Waals surface area contributed by atoms with Gasteiger partial charge in [-0.2, -0.15) is 13.2 Å². The predicted octanol–water partition coefficient (Wildman–Crippen LogP) is 4.73. The van der Waals surface area contributed by atoms with Gasteiger partial charge < -0.3 is 5.11 Å². The number of halogens is 3. The second-order valence-corrected chi connectivity index (χ2v) is 5.42. The number of carbonyl (C=O) groups excluding carboxylic acids is 1. The first-order valence-corrected chi connectivity index (χ1v) is 7.22. The number of carboxylic acids is 1. The maximum atomic E-state index is 12.6. The van der Waals surface area contributed by atoms with Crippen LogP contribution in [0, 0.1) is 6.92 Å². The summed E-state index contributed by atoms with van der Waals surface area (Å²) in [5.74, 6) is -1.32. The summed E-state index contributed by atoms with van der Waals surface area (Å²) in [5.41, 5.74) is 1.74. The third kappa shape index (κ3) is 4.22. The Hall–Kier alpha value is -2.63. The summed E-state index contributed by atoms with van der Waals surface area (Å²) in [6, 6.07) is 9.64. The van der Waals surface area contributed by atoms with Crippen LogP contribution in [-0.2, 0) is 11.0 Å².